The summed E-state index contributed by atoms with van der Waals surface area (Å²) in [5, 5.41) is 0. The standard InChI is InChI=1S/C9H18O2/c1-6(2)9(7(3)4)11-8(5)10/h6-7,9H,1-5H3. The Kier molecular flexibility index (Phi) is 4.16. The molecule has 0 aromatic carbocycles. The molecule has 11 heavy (non-hydrogen) atoms. The first-order valence-corrected chi connectivity index (χ1v) is 4.12. The molecule has 0 fully saturated rings. The molecule has 2 heteroatoms. The van der Waals surface area contributed by atoms with E-state index in [4.69, 9.17) is 4.74 Å². The van der Waals surface area contributed by atoms with Gasteiger partial charge in [-0.15, -0.1) is 0 Å². The molecule has 0 radical (unpaired) electrons. The zero-order valence-corrected chi connectivity index (χ0v) is 8.05. The molecule has 0 aromatic rings. The van der Waals surface area contributed by atoms with Gasteiger partial charge in [0, 0.05) is 6.92 Å². The van der Waals surface area contributed by atoms with Crippen LogP contribution < -0.4 is 0 Å². The Morgan fingerprint density at radius 1 is 1.09 bits per heavy atom. The SMILES string of the molecule is CC(=O)OC(C(C)C)C(C)C. The summed E-state index contributed by atoms with van der Waals surface area (Å²) in [6.07, 6.45) is 0.0625. The molecule has 0 amide bonds. The van der Waals surface area contributed by atoms with E-state index in [1.54, 1.807) is 0 Å². The molecule has 0 spiro atoms. The zero-order valence-electron chi connectivity index (χ0n) is 8.05. The van der Waals surface area contributed by atoms with E-state index < -0.39 is 0 Å². The number of carbonyl (C=O) groups is 1. The quantitative estimate of drug-likeness (QED) is 0.589. The van der Waals surface area contributed by atoms with Crippen molar-refractivity contribution in [3.63, 3.8) is 0 Å². The second-order valence-corrected chi connectivity index (χ2v) is 3.56. The number of hydrogen-bond donors (Lipinski definition) is 0. The van der Waals surface area contributed by atoms with E-state index in [-0.39, 0.29) is 12.1 Å². The number of carbonyl (C=O) groups excluding carboxylic acids is 1. The Labute approximate surface area is 68.9 Å². The van der Waals surface area contributed by atoms with Gasteiger partial charge in [0.05, 0.1) is 0 Å². The van der Waals surface area contributed by atoms with E-state index in [9.17, 15) is 4.79 Å². The van der Waals surface area contributed by atoms with Gasteiger partial charge in [0.25, 0.3) is 0 Å². The lowest BCUT2D eigenvalue weighted by Gasteiger charge is -2.23. The molecule has 2 nitrogen and oxygen atoms in total. The predicted octanol–water partition coefficient (Wildman–Crippen LogP) is 2.23. The van der Waals surface area contributed by atoms with Crippen LogP contribution in [0, 0.1) is 11.8 Å². The Morgan fingerprint density at radius 2 is 1.45 bits per heavy atom. The fourth-order valence-corrected chi connectivity index (χ4v) is 1.23. The molecule has 0 aromatic heterocycles. The van der Waals surface area contributed by atoms with Crippen molar-refractivity contribution in [2.75, 3.05) is 0 Å². The van der Waals surface area contributed by atoms with E-state index in [1.807, 2.05) is 0 Å². The molecule has 0 N–H and O–H groups in total. The summed E-state index contributed by atoms with van der Waals surface area (Å²) in [6.45, 7) is 9.71. The van der Waals surface area contributed by atoms with E-state index in [1.165, 1.54) is 6.92 Å². The molecular formula is C9H18O2. The molecule has 0 atom stereocenters. The largest absolute Gasteiger partial charge is 0.462 e. The van der Waals surface area contributed by atoms with Gasteiger partial charge in [0.2, 0.25) is 0 Å². The number of rotatable bonds is 3. The van der Waals surface area contributed by atoms with E-state index >= 15 is 0 Å². The maximum atomic E-state index is 10.6. The number of hydrogen-bond acceptors (Lipinski definition) is 2. The average molecular weight is 158 g/mol. The van der Waals surface area contributed by atoms with Gasteiger partial charge in [-0.05, 0) is 11.8 Å². The topological polar surface area (TPSA) is 26.3 Å². The van der Waals surface area contributed by atoms with Crippen LogP contribution in [-0.4, -0.2) is 12.1 Å². The van der Waals surface area contributed by atoms with Crippen LogP contribution >= 0.6 is 0 Å². The highest BCUT2D eigenvalue weighted by Gasteiger charge is 2.19. The lowest BCUT2D eigenvalue weighted by Crippen LogP contribution is -2.27. The number of esters is 1. The van der Waals surface area contributed by atoms with Gasteiger partial charge in [-0.2, -0.15) is 0 Å². The molecule has 66 valence electrons. The Bertz CT molecular complexity index is 120. The van der Waals surface area contributed by atoms with Crippen molar-refractivity contribution >= 4 is 5.97 Å². The normalized spacial score (nSPS) is 11.3. The third-order valence-corrected chi connectivity index (χ3v) is 1.62. The van der Waals surface area contributed by atoms with E-state index in [0.717, 1.165) is 0 Å². The van der Waals surface area contributed by atoms with Crippen molar-refractivity contribution in [1.29, 1.82) is 0 Å². The first-order valence-electron chi connectivity index (χ1n) is 4.12. The molecule has 0 unspecified atom stereocenters. The lowest BCUT2D eigenvalue weighted by atomic mass is 9.96. The second kappa shape index (κ2) is 4.37. The second-order valence-electron chi connectivity index (χ2n) is 3.56. The van der Waals surface area contributed by atoms with Crippen LogP contribution in [0.4, 0.5) is 0 Å². The van der Waals surface area contributed by atoms with Crippen molar-refractivity contribution in [2.24, 2.45) is 11.8 Å². The smallest absolute Gasteiger partial charge is 0.302 e. The third-order valence-electron chi connectivity index (χ3n) is 1.62. The first-order chi connectivity index (χ1) is 4.95. The summed E-state index contributed by atoms with van der Waals surface area (Å²) in [6, 6.07) is 0. The molecule has 0 saturated carbocycles. The minimum Gasteiger partial charge on any atom is -0.462 e. The molecule has 0 aliphatic rings. The van der Waals surface area contributed by atoms with Crippen molar-refractivity contribution in [3.05, 3.63) is 0 Å². The van der Waals surface area contributed by atoms with Crippen LogP contribution in [0.3, 0.4) is 0 Å². The molecular weight excluding hydrogens is 140 g/mol. The van der Waals surface area contributed by atoms with Gasteiger partial charge in [-0.1, -0.05) is 27.7 Å². The van der Waals surface area contributed by atoms with E-state index in [2.05, 4.69) is 27.7 Å². The molecule has 0 aliphatic heterocycles. The fourth-order valence-electron chi connectivity index (χ4n) is 1.23. The molecule has 0 saturated heterocycles. The number of ether oxygens (including phenoxy) is 1. The molecule has 0 rings (SSSR count). The molecule has 0 heterocycles. The third kappa shape index (κ3) is 4.02. The molecule has 0 bridgehead atoms. The van der Waals surface area contributed by atoms with Gasteiger partial charge in [0.15, 0.2) is 0 Å². The minimum absolute atomic E-state index is 0.0625. The van der Waals surface area contributed by atoms with Crippen molar-refractivity contribution in [2.45, 2.75) is 40.7 Å². The highest BCUT2D eigenvalue weighted by Crippen LogP contribution is 2.15. The van der Waals surface area contributed by atoms with Crippen LogP contribution in [-0.2, 0) is 9.53 Å². The summed E-state index contributed by atoms with van der Waals surface area (Å²) in [7, 11) is 0. The first kappa shape index (κ1) is 10.5. The van der Waals surface area contributed by atoms with Gasteiger partial charge >= 0.3 is 5.97 Å². The minimum atomic E-state index is -0.183. The van der Waals surface area contributed by atoms with Gasteiger partial charge in [-0.3, -0.25) is 4.79 Å². The van der Waals surface area contributed by atoms with E-state index in [0.29, 0.717) is 11.8 Å². The summed E-state index contributed by atoms with van der Waals surface area (Å²) in [5.74, 6) is 0.621. The summed E-state index contributed by atoms with van der Waals surface area (Å²) in [4.78, 5) is 10.6. The van der Waals surface area contributed by atoms with Crippen LogP contribution in [0.5, 0.6) is 0 Å². The lowest BCUT2D eigenvalue weighted by molar-refractivity contribution is -0.151. The Balaban J connectivity index is 4.00. The Morgan fingerprint density at radius 3 is 1.55 bits per heavy atom. The van der Waals surface area contributed by atoms with Crippen LogP contribution in [0.2, 0.25) is 0 Å². The Hall–Kier alpha value is -0.530. The predicted molar refractivity (Wildman–Crippen MR) is 45.2 cm³/mol. The van der Waals surface area contributed by atoms with Gasteiger partial charge in [0.1, 0.15) is 6.10 Å². The maximum absolute atomic E-state index is 10.6. The van der Waals surface area contributed by atoms with Crippen molar-refractivity contribution in [3.8, 4) is 0 Å². The van der Waals surface area contributed by atoms with Crippen LogP contribution in [0.1, 0.15) is 34.6 Å². The zero-order chi connectivity index (χ0) is 9.02. The monoisotopic (exact) mass is 158 g/mol. The van der Waals surface area contributed by atoms with Crippen molar-refractivity contribution < 1.29 is 9.53 Å². The summed E-state index contributed by atoms with van der Waals surface area (Å²) >= 11 is 0. The average Bonchev–Trinajstić information content (AvgIpc) is 1.81. The van der Waals surface area contributed by atoms with Crippen LogP contribution in [0.15, 0.2) is 0 Å². The maximum Gasteiger partial charge on any atom is 0.302 e. The van der Waals surface area contributed by atoms with Gasteiger partial charge in [-0.25, -0.2) is 0 Å². The highest BCUT2D eigenvalue weighted by molar-refractivity contribution is 5.66. The van der Waals surface area contributed by atoms with Crippen molar-refractivity contribution in [1.82, 2.24) is 0 Å². The van der Waals surface area contributed by atoms with Gasteiger partial charge < -0.3 is 4.74 Å². The summed E-state index contributed by atoms with van der Waals surface area (Å²) in [5.41, 5.74) is 0. The molecule has 0 aliphatic carbocycles. The highest BCUT2D eigenvalue weighted by atomic mass is 16.5. The van der Waals surface area contributed by atoms with Crippen LogP contribution in [0.25, 0.3) is 0 Å². The fraction of sp³-hybridized carbons (Fsp3) is 0.889. The summed E-state index contributed by atoms with van der Waals surface area (Å²) < 4.78 is 5.13.